The van der Waals surface area contributed by atoms with E-state index in [9.17, 15) is 4.79 Å². The summed E-state index contributed by atoms with van der Waals surface area (Å²) in [6.07, 6.45) is 1.75. The molecule has 0 fully saturated rings. The molecule has 1 aromatic heterocycles. The molecule has 0 saturated carbocycles. The molecule has 22 heavy (non-hydrogen) atoms. The zero-order valence-corrected chi connectivity index (χ0v) is 12.3. The lowest BCUT2D eigenvalue weighted by Crippen LogP contribution is -2.05. The van der Waals surface area contributed by atoms with E-state index in [1.807, 2.05) is 60.0 Å². The number of esters is 1. The van der Waals surface area contributed by atoms with Crippen molar-refractivity contribution in [2.45, 2.75) is 0 Å². The number of fused-ring (bicyclic) bond motifs is 1. The van der Waals surface area contributed by atoms with Gasteiger partial charge in [0.1, 0.15) is 0 Å². The van der Waals surface area contributed by atoms with Crippen molar-refractivity contribution in [3.05, 3.63) is 76.1 Å². The van der Waals surface area contributed by atoms with Crippen LogP contribution in [-0.2, 0) is 9.53 Å². The maximum absolute atomic E-state index is 11.9. The van der Waals surface area contributed by atoms with Gasteiger partial charge in [0.25, 0.3) is 0 Å². The number of hydrogen-bond donors (Lipinski definition) is 0. The fourth-order valence-corrected chi connectivity index (χ4v) is 3.01. The first kappa shape index (κ1) is 13.0. The summed E-state index contributed by atoms with van der Waals surface area (Å²) < 4.78 is 5.31. The molecule has 0 aliphatic carbocycles. The summed E-state index contributed by atoms with van der Waals surface area (Å²) in [4.78, 5) is 17.3. The molecule has 0 spiro atoms. The highest BCUT2D eigenvalue weighted by molar-refractivity contribution is 7.10. The minimum absolute atomic E-state index is 0.339. The van der Waals surface area contributed by atoms with Gasteiger partial charge >= 0.3 is 5.97 Å². The van der Waals surface area contributed by atoms with Crippen molar-refractivity contribution in [1.82, 2.24) is 0 Å². The molecule has 1 aliphatic heterocycles. The fraction of sp³-hybridized carbons (Fsp3) is 0. The molecular formula is C18H11NO2S. The molecule has 0 radical (unpaired) electrons. The number of nitrogens with zero attached hydrogens (tertiary/aromatic N) is 1. The molecule has 0 saturated heterocycles. The third kappa shape index (κ3) is 2.34. The largest absolute Gasteiger partial charge is 0.402 e. The van der Waals surface area contributed by atoms with Crippen LogP contribution in [0.4, 0.5) is 0 Å². The van der Waals surface area contributed by atoms with Crippen molar-refractivity contribution in [2.24, 2.45) is 4.99 Å². The third-order valence-electron chi connectivity index (χ3n) is 3.44. The Kier molecular flexibility index (Phi) is 3.09. The summed E-state index contributed by atoms with van der Waals surface area (Å²) in [6.45, 7) is 0. The third-order valence-corrected chi connectivity index (χ3v) is 4.26. The number of carbonyl (C=O) groups is 1. The number of carbonyl (C=O) groups excluding carboxylic acids is 1. The Morgan fingerprint density at radius 3 is 2.68 bits per heavy atom. The van der Waals surface area contributed by atoms with Crippen LogP contribution in [0.2, 0.25) is 0 Å². The summed E-state index contributed by atoms with van der Waals surface area (Å²) in [5.74, 6) is -0.0462. The van der Waals surface area contributed by atoms with E-state index < -0.39 is 5.97 Å². The van der Waals surface area contributed by atoms with E-state index in [2.05, 4.69) is 4.99 Å². The van der Waals surface area contributed by atoms with Gasteiger partial charge in [-0.3, -0.25) is 0 Å². The maximum atomic E-state index is 11.9. The Morgan fingerprint density at radius 1 is 1.00 bits per heavy atom. The van der Waals surface area contributed by atoms with Crippen LogP contribution in [0.15, 0.2) is 70.7 Å². The van der Waals surface area contributed by atoms with Crippen molar-refractivity contribution >= 4 is 40.1 Å². The summed E-state index contributed by atoms with van der Waals surface area (Å²) in [7, 11) is 0. The van der Waals surface area contributed by atoms with Gasteiger partial charge in [-0.25, -0.2) is 9.79 Å². The highest BCUT2D eigenvalue weighted by Gasteiger charge is 2.24. The molecule has 4 heteroatoms. The van der Waals surface area contributed by atoms with Crippen molar-refractivity contribution in [1.29, 1.82) is 0 Å². The zero-order valence-electron chi connectivity index (χ0n) is 11.5. The number of benzene rings is 2. The fourth-order valence-electron chi connectivity index (χ4n) is 2.36. The monoisotopic (exact) mass is 305 g/mol. The van der Waals surface area contributed by atoms with E-state index in [1.54, 1.807) is 17.4 Å². The van der Waals surface area contributed by atoms with E-state index in [0.717, 1.165) is 21.2 Å². The van der Waals surface area contributed by atoms with E-state index in [1.165, 1.54) is 0 Å². The quantitative estimate of drug-likeness (QED) is 0.524. The molecular weight excluding hydrogens is 294 g/mol. The van der Waals surface area contributed by atoms with Crippen molar-refractivity contribution < 1.29 is 9.53 Å². The first-order valence-corrected chi connectivity index (χ1v) is 7.73. The van der Waals surface area contributed by atoms with E-state index in [4.69, 9.17) is 4.74 Å². The first-order chi connectivity index (χ1) is 10.8. The van der Waals surface area contributed by atoms with Gasteiger partial charge in [-0.05, 0) is 40.4 Å². The summed E-state index contributed by atoms with van der Waals surface area (Å²) in [5.41, 5.74) is 1.15. The molecule has 3 aromatic rings. The Balaban J connectivity index is 1.74. The van der Waals surface area contributed by atoms with Gasteiger partial charge in [-0.15, -0.1) is 11.3 Å². The van der Waals surface area contributed by atoms with Crippen LogP contribution in [0.3, 0.4) is 0 Å². The topological polar surface area (TPSA) is 38.7 Å². The van der Waals surface area contributed by atoms with Crippen LogP contribution >= 0.6 is 11.3 Å². The number of thiophene rings is 1. The standard InChI is InChI=1S/C18H11NO2S/c20-18-16(11-15-6-3-9-22-15)19-17(21-18)14-8-7-12-4-1-2-5-13(12)10-14/h1-11H/b16-11-. The number of cyclic esters (lactones) is 1. The van der Waals surface area contributed by atoms with Crippen LogP contribution in [0, 0.1) is 0 Å². The predicted molar refractivity (Wildman–Crippen MR) is 88.9 cm³/mol. The van der Waals surface area contributed by atoms with Gasteiger partial charge < -0.3 is 4.74 Å². The first-order valence-electron chi connectivity index (χ1n) is 6.85. The number of ether oxygens (including phenoxy) is 1. The van der Waals surface area contributed by atoms with Gasteiger partial charge in [-0.1, -0.05) is 36.4 Å². The Hall–Kier alpha value is -2.72. The summed E-state index contributed by atoms with van der Waals surface area (Å²) >= 11 is 1.56. The number of rotatable bonds is 2. The van der Waals surface area contributed by atoms with Crippen molar-refractivity contribution in [3.63, 3.8) is 0 Å². The van der Waals surface area contributed by atoms with Gasteiger partial charge in [-0.2, -0.15) is 0 Å². The average Bonchev–Trinajstić information content (AvgIpc) is 3.18. The van der Waals surface area contributed by atoms with E-state index in [0.29, 0.717) is 11.6 Å². The molecule has 0 atom stereocenters. The second-order valence-electron chi connectivity index (χ2n) is 4.91. The van der Waals surface area contributed by atoms with Crippen LogP contribution < -0.4 is 0 Å². The molecule has 0 bridgehead atoms. The SMILES string of the molecule is O=C1OC(c2ccc3ccccc3c2)=N/C1=C\c1cccs1. The second-order valence-corrected chi connectivity index (χ2v) is 5.89. The molecule has 1 aliphatic rings. The Bertz CT molecular complexity index is 923. The molecule has 0 N–H and O–H groups in total. The second kappa shape index (κ2) is 5.24. The molecule has 2 aromatic carbocycles. The van der Waals surface area contributed by atoms with E-state index >= 15 is 0 Å². The van der Waals surface area contributed by atoms with Crippen LogP contribution in [0.5, 0.6) is 0 Å². The molecule has 106 valence electrons. The lowest BCUT2D eigenvalue weighted by molar-refractivity contribution is -0.129. The van der Waals surface area contributed by atoms with Gasteiger partial charge in [0.2, 0.25) is 5.90 Å². The molecule has 0 unspecified atom stereocenters. The molecule has 3 nitrogen and oxygen atoms in total. The highest BCUT2D eigenvalue weighted by Crippen LogP contribution is 2.23. The number of hydrogen-bond acceptors (Lipinski definition) is 4. The van der Waals surface area contributed by atoms with Gasteiger partial charge in [0.15, 0.2) is 5.70 Å². The molecule has 4 rings (SSSR count). The predicted octanol–water partition coefficient (Wildman–Crippen LogP) is 4.25. The summed E-state index contributed by atoms with van der Waals surface area (Å²) in [5, 5.41) is 4.20. The van der Waals surface area contributed by atoms with Gasteiger partial charge in [0.05, 0.1) is 0 Å². The minimum Gasteiger partial charge on any atom is -0.402 e. The Morgan fingerprint density at radius 2 is 1.86 bits per heavy atom. The smallest absolute Gasteiger partial charge is 0.363 e. The maximum Gasteiger partial charge on any atom is 0.363 e. The van der Waals surface area contributed by atoms with Crippen LogP contribution in [0.1, 0.15) is 10.4 Å². The van der Waals surface area contributed by atoms with Crippen LogP contribution in [0.25, 0.3) is 16.8 Å². The lowest BCUT2D eigenvalue weighted by atomic mass is 10.1. The van der Waals surface area contributed by atoms with Crippen molar-refractivity contribution in [3.8, 4) is 0 Å². The normalized spacial score (nSPS) is 16.1. The molecule has 0 amide bonds. The summed E-state index contributed by atoms with van der Waals surface area (Å²) in [6, 6.07) is 17.8. The van der Waals surface area contributed by atoms with Gasteiger partial charge in [0, 0.05) is 10.4 Å². The van der Waals surface area contributed by atoms with Crippen molar-refractivity contribution in [2.75, 3.05) is 0 Å². The van der Waals surface area contributed by atoms with E-state index in [-0.39, 0.29) is 0 Å². The lowest BCUT2D eigenvalue weighted by Gasteiger charge is -2.02. The number of aliphatic imine (C=N–C) groups is 1. The highest BCUT2D eigenvalue weighted by atomic mass is 32.1. The zero-order chi connectivity index (χ0) is 14.9. The Labute approximate surface area is 131 Å². The average molecular weight is 305 g/mol. The van der Waals surface area contributed by atoms with Crippen LogP contribution in [-0.4, -0.2) is 11.9 Å². The molecule has 2 heterocycles. The minimum atomic E-state index is -0.406.